The van der Waals surface area contributed by atoms with Crippen LogP contribution in [0.1, 0.15) is 38.7 Å². The number of unbranched alkanes of at least 4 members (excludes halogenated alkanes) is 1. The molecule has 0 fully saturated rings. The van der Waals surface area contributed by atoms with Crippen LogP contribution in [0.25, 0.3) is 0 Å². The van der Waals surface area contributed by atoms with E-state index in [1.807, 2.05) is 6.92 Å². The molecule has 12 heteroatoms. The summed E-state index contributed by atoms with van der Waals surface area (Å²) in [4.78, 5) is 28.1. The number of nitrogens with zero attached hydrogens (tertiary/aromatic N) is 2. The number of hydrogen-bond acceptors (Lipinski definition) is 4. The Morgan fingerprint density at radius 1 is 1.00 bits per heavy atom. The zero-order valence-corrected chi connectivity index (χ0v) is 24.1. The number of benzene rings is 2. The fourth-order valence-corrected chi connectivity index (χ4v) is 5.50. The molecular formula is C24H29Cl4N3O4S. The number of anilines is 1. The number of nitrogens with one attached hydrogen (secondary N) is 1. The summed E-state index contributed by atoms with van der Waals surface area (Å²) in [5, 5.41) is 3.87. The highest BCUT2D eigenvalue weighted by atomic mass is 35.5. The molecule has 7 nitrogen and oxygen atoms in total. The number of amides is 2. The molecule has 2 amide bonds. The van der Waals surface area contributed by atoms with Crippen molar-refractivity contribution in [1.82, 2.24) is 10.2 Å². The third kappa shape index (κ3) is 8.15. The van der Waals surface area contributed by atoms with E-state index in [9.17, 15) is 18.0 Å². The van der Waals surface area contributed by atoms with E-state index in [2.05, 4.69) is 5.32 Å². The Morgan fingerprint density at radius 3 is 2.17 bits per heavy atom. The fraction of sp³-hybridized carbons (Fsp3) is 0.417. The van der Waals surface area contributed by atoms with Crippen molar-refractivity contribution >= 4 is 73.9 Å². The van der Waals surface area contributed by atoms with Gasteiger partial charge in [0, 0.05) is 33.7 Å². The number of rotatable bonds is 12. The number of halogens is 4. The van der Waals surface area contributed by atoms with Crippen LogP contribution in [0.5, 0.6) is 0 Å². The third-order valence-corrected chi connectivity index (χ3v) is 7.84. The summed E-state index contributed by atoms with van der Waals surface area (Å²) in [6.45, 7) is 3.53. The van der Waals surface area contributed by atoms with Crippen molar-refractivity contribution in [1.29, 1.82) is 0 Å². The standard InChI is InChI=1S/C24H29Cl4N3O4S/c1-4-6-12-29-24(33)21(5-2)30(14-17-18(26)8-7-9-19(17)27)23(32)15-31(36(3,34)35)22-11-10-16(25)13-20(22)28/h7-11,13,21H,4-6,12,14-15H2,1-3H3,(H,29,33). The summed E-state index contributed by atoms with van der Waals surface area (Å²) < 4.78 is 26.3. The Balaban J connectivity index is 2.50. The van der Waals surface area contributed by atoms with Gasteiger partial charge in [-0.25, -0.2) is 8.42 Å². The predicted molar refractivity (Wildman–Crippen MR) is 148 cm³/mol. The Bertz CT molecular complexity index is 1170. The van der Waals surface area contributed by atoms with Crippen molar-refractivity contribution in [2.24, 2.45) is 0 Å². The zero-order valence-electron chi connectivity index (χ0n) is 20.2. The van der Waals surface area contributed by atoms with Crippen LogP contribution in [0.4, 0.5) is 5.69 Å². The largest absolute Gasteiger partial charge is 0.354 e. The smallest absolute Gasteiger partial charge is 0.244 e. The molecular weight excluding hydrogens is 568 g/mol. The van der Waals surface area contributed by atoms with E-state index in [0.29, 0.717) is 27.2 Å². The average molecular weight is 597 g/mol. The zero-order chi connectivity index (χ0) is 27.0. The van der Waals surface area contributed by atoms with E-state index in [-0.39, 0.29) is 29.6 Å². The molecule has 198 valence electrons. The van der Waals surface area contributed by atoms with Gasteiger partial charge in [-0.1, -0.05) is 72.7 Å². The first-order chi connectivity index (χ1) is 16.9. The summed E-state index contributed by atoms with van der Waals surface area (Å²) in [5.74, 6) is -0.974. The number of carbonyl (C=O) groups excluding carboxylic acids is 2. The maximum atomic E-state index is 13.7. The molecule has 0 saturated carbocycles. The van der Waals surface area contributed by atoms with Crippen LogP contribution in [-0.2, 0) is 26.2 Å². The Hall–Kier alpha value is -1.71. The number of sulfonamides is 1. The summed E-state index contributed by atoms with van der Waals surface area (Å²) in [5.41, 5.74) is 0.539. The van der Waals surface area contributed by atoms with Gasteiger partial charge in [0.2, 0.25) is 21.8 Å². The normalized spacial score (nSPS) is 12.2. The van der Waals surface area contributed by atoms with E-state index in [0.717, 1.165) is 23.4 Å². The summed E-state index contributed by atoms with van der Waals surface area (Å²) in [6, 6.07) is 8.32. The van der Waals surface area contributed by atoms with Gasteiger partial charge in [0.05, 0.1) is 17.0 Å². The Morgan fingerprint density at radius 2 is 1.64 bits per heavy atom. The molecule has 0 aliphatic heterocycles. The van der Waals surface area contributed by atoms with Gasteiger partial charge >= 0.3 is 0 Å². The van der Waals surface area contributed by atoms with Gasteiger partial charge in [0.1, 0.15) is 12.6 Å². The molecule has 0 aliphatic rings. The molecule has 0 aromatic heterocycles. The van der Waals surface area contributed by atoms with E-state index in [1.54, 1.807) is 25.1 Å². The third-order valence-electron chi connectivity index (χ3n) is 5.46. The molecule has 2 aromatic carbocycles. The SMILES string of the molecule is CCCCNC(=O)C(CC)N(Cc1c(Cl)cccc1Cl)C(=O)CN(c1ccc(Cl)cc1Cl)S(C)(=O)=O. The minimum absolute atomic E-state index is 0.0609. The first-order valence-corrected chi connectivity index (χ1v) is 14.7. The second-order valence-electron chi connectivity index (χ2n) is 8.16. The molecule has 36 heavy (non-hydrogen) atoms. The lowest BCUT2D eigenvalue weighted by molar-refractivity contribution is -0.140. The van der Waals surface area contributed by atoms with E-state index in [4.69, 9.17) is 46.4 Å². The van der Waals surface area contributed by atoms with Gasteiger partial charge in [-0.3, -0.25) is 13.9 Å². The highest BCUT2D eigenvalue weighted by Gasteiger charge is 2.33. The average Bonchev–Trinajstić information content (AvgIpc) is 2.79. The van der Waals surface area contributed by atoms with Crippen molar-refractivity contribution in [3.63, 3.8) is 0 Å². The number of hydrogen-bond donors (Lipinski definition) is 1. The predicted octanol–water partition coefficient (Wildman–Crippen LogP) is 5.79. The summed E-state index contributed by atoms with van der Waals surface area (Å²) in [6.07, 6.45) is 2.92. The quantitative estimate of drug-likeness (QED) is 0.314. The van der Waals surface area contributed by atoms with E-state index >= 15 is 0 Å². The van der Waals surface area contributed by atoms with Gasteiger partial charge < -0.3 is 10.2 Å². The maximum Gasteiger partial charge on any atom is 0.244 e. The molecule has 0 aliphatic carbocycles. The van der Waals surface area contributed by atoms with Crippen molar-refractivity contribution in [3.8, 4) is 0 Å². The van der Waals surface area contributed by atoms with Crippen LogP contribution in [0.15, 0.2) is 36.4 Å². The van der Waals surface area contributed by atoms with E-state index < -0.39 is 28.5 Å². The monoisotopic (exact) mass is 595 g/mol. The van der Waals surface area contributed by atoms with Crippen LogP contribution >= 0.6 is 46.4 Å². The minimum atomic E-state index is -3.94. The van der Waals surface area contributed by atoms with Crippen molar-refractivity contribution in [3.05, 3.63) is 62.1 Å². The maximum absolute atomic E-state index is 13.7. The van der Waals surface area contributed by atoms with E-state index in [1.165, 1.54) is 23.1 Å². The minimum Gasteiger partial charge on any atom is -0.354 e. The van der Waals surface area contributed by atoms with Crippen molar-refractivity contribution in [2.75, 3.05) is 23.7 Å². The summed E-state index contributed by atoms with van der Waals surface area (Å²) >= 11 is 24.9. The van der Waals surface area contributed by atoms with Crippen LogP contribution < -0.4 is 9.62 Å². The second kappa shape index (κ2) is 13.7. The summed E-state index contributed by atoms with van der Waals surface area (Å²) in [7, 11) is -3.94. The van der Waals surface area contributed by atoms with Crippen LogP contribution in [0.3, 0.4) is 0 Å². The molecule has 1 atom stereocenters. The molecule has 2 aromatic rings. The molecule has 0 saturated heterocycles. The van der Waals surface area contributed by atoms with Crippen LogP contribution in [0, 0.1) is 0 Å². The first kappa shape index (κ1) is 30.5. The molecule has 2 rings (SSSR count). The fourth-order valence-electron chi connectivity index (χ4n) is 3.56. The highest BCUT2D eigenvalue weighted by Crippen LogP contribution is 2.31. The topological polar surface area (TPSA) is 86.8 Å². The van der Waals surface area contributed by atoms with Gasteiger partial charge in [0.25, 0.3) is 0 Å². The van der Waals surface area contributed by atoms with Crippen molar-refractivity contribution < 1.29 is 18.0 Å². The Labute approximate surface area is 232 Å². The lowest BCUT2D eigenvalue weighted by atomic mass is 10.1. The first-order valence-electron chi connectivity index (χ1n) is 11.3. The van der Waals surface area contributed by atoms with Crippen LogP contribution in [-0.4, -0.2) is 50.5 Å². The van der Waals surface area contributed by atoms with Gasteiger partial charge in [-0.15, -0.1) is 0 Å². The van der Waals surface area contributed by atoms with Crippen molar-refractivity contribution in [2.45, 2.75) is 45.7 Å². The second-order valence-corrected chi connectivity index (χ2v) is 11.7. The van der Waals surface area contributed by atoms with Crippen LogP contribution in [0.2, 0.25) is 20.1 Å². The highest BCUT2D eigenvalue weighted by molar-refractivity contribution is 7.92. The lowest BCUT2D eigenvalue weighted by Crippen LogP contribution is -2.52. The molecule has 1 N–H and O–H groups in total. The van der Waals surface area contributed by atoms with Gasteiger partial charge in [-0.05, 0) is 43.2 Å². The molecule has 0 radical (unpaired) electrons. The molecule has 0 heterocycles. The molecule has 0 bridgehead atoms. The molecule has 1 unspecified atom stereocenters. The number of carbonyl (C=O) groups is 2. The lowest BCUT2D eigenvalue weighted by Gasteiger charge is -2.33. The van der Waals surface area contributed by atoms with Gasteiger partial charge in [0.15, 0.2) is 0 Å². The molecule has 0 spiro atoms. The van der Waals surface area contributed by atoms with Gasteiger partial charge in [-0.2, -0.15) is 0 Å². The Kier molecular flexibility index (Phi) is 11.6.